The lowest BCUT2D eigenvalue weighted by Crippen LogP contribution is -2.43. The van der Waals surface area contributed by atoms with Gasteiger partial charge in [-0.1, -0.05) is 0 Å². The van der Waals surface area contributed by atoms with Crippen LogP contribution in [0.2, 0.25) is 0 Å². The monoisotopic (exact) mass is 127 g/mol. The molecule has 0 aromatic carbocycles. The molecule has 1 aliphatic carbocycles. The minimum absolute atomic E-state index is 0.297. The third-order valence-corrected chi connectivity index (χ3v) is 1.68. The molecule has 1 rings (SSSR count). The maximum absolute atomic E-state index is 3.57. The van der Waals surface area contributed by atoms with Crippen molar-refractivity contribution in [1.29, 1.82) is 0 Å². The first kappa shape index (κ1) is 7.07. The average molecular weight is 127 g/mol. The van der Waals surface area contributed by atoms with Gasteiger partial charge >= 0.3 is 0 Å². The standard InChI is InChI=1S/C8H17N/c1-7(2,3)9-8(4)5-6-8/h9H,5-6H2,1-4H3. The molecule has 1 saturated carbocycles. The van der Waals surface area contributed by atoms with E-state index in [1.807, 2.05) is 0 Å². The van der Waals surface area contributed by atoms with Gasteiger partial charge in [0.05, 0.1) is 0 Å². The molecular weight excluding hydrogens is 110 g/mol. The van der Waals surface area contributed by atoms with Gasteiger partial charge in [-0.15, -0.1) is 0 Å². The van der Waals surface area contributed by atoms with Crippen molar-refractivity contribution in [2.24, 2.45) is 0 Å². The quantitative estimate of drug-likeness (QED) is 0.567. The fourth-order valence-electron chi connectivity index (χ4n) is 1.22. The summed E-state index contributed by atoms with van der Waals surface area (Å²) in [6.07, 6.45) is 2.70. The Hall–Kier alpha value is -0.0400. The van der Waals surface area contributed by atoms with Crippen molar-refractivity contribution in [3.8, 4) is 0 Å². The fourth-order valence-corrected chi connectivity index (χ4v) is 1.22. The highest BCUT2D eigenvalue weighted by Gasteiger charge is 2.39. The molecule has 0 bridgehead atoms. The van der Waals surface area contributed by atoms with E-state index in [0.717, 1.165) is 0 Å². The summed E-state index contributed by atoms with van der Waals surface area (Å²) in [5.74, 6) is 0. The molecule has 0 aliphatic heterocycles. The van der Waals surface area contributed by atoms with Crippen LogP contribution in [0.5, 0.6) is 0 Å². The summed E-state index contributed by atoms with van der Waals surface area (Å²) < 4.78 is 0. The summed E-state index contributed by atoms with van der Waals surface area (Å²) in [5, 5.41) is 3.57. The molecule has 0 amide bonds. The zero-order valence-electron chi connectivity index (χ0n) is 6.91. The second-order valence-corrected chi connectivity index (χ2v) is 4.44. The third kappa shape index (κ3) is 2.35. The van der Waals surface area contributed by atoms with Crippen LogP contribution in [0.4, 0.5) is 0 Å². The van der Waals surface area contributed by atoms with Gasteiger partial charge in [0, 0.05) is 11.1 Å². The SMILES string of the molecule is CC(C)(C)NC1(C)CC1. The predicted octanol–water partition coefficient (Wildman–Crippen LogP) is 1.93. The Balaban J connectivity index is 2.33. The van der Waals surface area contributed by atoms with Crippen molar-refractivity contribution >= 4 is 0 Å². The third-order valence-electron chi connectivity index (χ3n) is 1.68. The molecule has 1 heteroatoms. The number of rotatable bonds is 1. The number of hydrogen-bond acceptors (Lipinski definition) is 1. The first-order valence-electron chi connectivity index (χ1n) is 3.71. The van der Waals surface area contributed by atoms with Crippen molar-refractivity contribution in [3.63, 3.8) is 0 Å². The molecule has 1 fully saturated rings. The van der Waals surface area contributed by atoms with Gasteiger partial charge in [0.2, 0.25) is 0 Å². The van der Waals surface area contributed by atoms with Crippen LogP contribution in [0, 0.1) is 0 Å². The Bertz CT molecular complexity index is 103. The molecule has 0 radical (unpaired) electrons. The molecule has 1 aliphatic rings. The minimum atomic E-state index is 0.297. The minimum Gasteiger partial charge on any atom is -0.307 e. The van der Waals surface area contributed by atoms with Crippen LogP contribution in [-0.2, 0) is 0 Å². The van der Waals surface area contributed by atoms with E-state index in [1.54, 1.807) is 0 Å². The van der Waals surface area contributed by atoms with Crippen LogP contribution < -0.4 is 5.32 Å². The molecule has 0 unspecified atom stereocenters. The van der Waals surface area contributed by atoms with E-state index in [1.165, 1.54) is 12.8 Å². The molecule has 0 heterocycles. The predicted molar refractivity (Wildman–Crippen MR) is 40.5 cm³/mol. The van der Waals surface area contributed by atoms with Crippen molar-refractivity contribution in [2.75, 3.05) is 0 Å². The Morgan fingerprint density at radius 1 is 1.22 bits per heavy atom. The first-order chi connectivity index (χ1) is 3.91. The van der Waals surface area contributed by atoms with E-state index in [0.29, 0.717) is 11.1 Å². The highest BCUT2D eigenvalue weighted by atomic mass is 15.1. The van der Waals surface area contributed by atoms with Gasteiger partial charge in [0.15, 0.2) is 0 Å². The maximum Gasteiger partial charge on any atom is 0.0159 e. The van der Waals surface area contributed by atoms with Crippen molar-refractivity contribution in [1.82, 2.24) is 5.32 Å². The molecule has 0 spiro atoms. The molecule has 0 atom stereocenters. The summed E-state index contributed by atoms with van der Waals surface area (Å²) in [7, 11) is 0. The summed E-state index contributed by atoms with van der Waals surface area (Å²) in [6.45, 7) is 8.95. The lowest BCUT2D eigenvalue weighted by Gasteiger charge is -2.25. The van der Waals surface area contributed by atoms with Crippen molar-refractivity contribution in [3.05, 3.63) is 0 Å². The van der Waals surface area contributed by atoms with Gasteiger partial charge in [-0.2, -0.15) is 0 Å². The van der Waals surface area contributed by atoms with Crippen LogP contribution in [0.15, 0.2) is 0 Å². The Labute approximate surface area is 57.8 Å². The normalized spacial score (nSPS) is 24.0. The van der Waals surface area contributed by atoms with Gasteiger partial charge < -0.3 is 5.32 Å². The molecule has 0 aromatic heterocycles. The van der Waals surface area contributed by atoms with Crippen LogP contribution in [-0.4, -0.2) is 11.1 Å². The molecular formula is C8H17N. The second kappa shape index (κ2) is 1.72. The molecule has 0 saturated heterocycles. The highest BCUT2D eigenvalue weighted by molar-refractivity contribution is 5.00. The Morgan fingerprint density at radius 3 is 1.78 bits per heavy atom. The maximum atomic E-state index is 3.57. The number of nitrogens with one attached hydrogen (secondary N) is 1. The fraction of sp³-hybridized carbons (Fsp3) is 1.00. The first-order valence-corrected chi connectivity index (χ1v) is 3.71. The van der Waals surface area contributed by atoms with Crippen LogP contribution >= 0.6 is 0 Å². The van der Waals surface area contributed by atoms with Gasteiger partial charge in [-0.3, -0.25) is 0 Å². The van der Waals surface area contributed by atoms with Gasteiger partial charge in [-0.05, 0) is 40.5 Å². The van der Waals surface area contributed by atoms with Crippen molar-refractivity contribution < 1.29 is 0 Å². The summed E-state index contributed by atoms with van der Waals surface area (Å²) >= 11 is 0. The summed E-state index contributed by atoms with van der Waals surface area (Å²) in [6, 6.07) is 0. The zero-order valence-corrected chi connectivity index (χ0v) is 6.91. The Morgan fingerprint density at radius 2 is 1.67 bits per heavy atom. The van der Waals surface area contributed by atoms with Gasteiger partial charge in [0.25, 0.3) is 0 Å². The molecule has 1 N–H and O–H groups in total. The lowest BCUT2D eigenvalue weighted by molar-refractivity contribution is 0.360. The topological polar surface area (TPSA) is 12.0 Å². The molecule has 0 aromatic rings. The van der Waals surface area contributed by atoms with E-state index >= 15 is 0 Å². The lowest BCUT2D eigenvalue weighted by atomic mass is 10.1. The molecule has 9 heavy (non-hydrogen) atoms. The van der Waals surface area contributed by atoms with E-state index < -0.39 is 0 Å². The Kier molecular flexibility index (Phi) is 1.35. The zero-order chi connectivity index (χ0) is 7.12. The van der Waals surface area contributed by atoms with Gasteiger partial charge in [-0.25, -0.2) is 0 Å². The molecule has 54 valence electrons. The van der Waals surface area contributed by atoms with Crippen LogP contribution in [0.25, 0.3) is 0 Å². The smallest absolute Gasteiger partial charge is 0.0159 e. The van der Waals surface area contributed by atoms with E-state index in [4.69, 9.17) is 0 Å². The average Bonchev–Trinajstić information content (AvgIpc) is 2.12. The van der Waals surface area contributed by atoms with Crippen LogP contribution in [0.3, 0.4) is 0 Å². The van der Waals surface area contributed by atoms with Gasteiger partial charge in [0.1, 0.15) is 0 Å². The summed E-state index contributed by atoms with van der Waals surface area (Å²) in [5.41, 5.74) is 0.781. The van der Waals surface area contributed by atoms with Crippen LogP contribution in [0.1, 0.15) is 40.5 Å². The highest BCUT2D eigenvalue weighted by Crippen LogP contribution is 2.36. The van der Waals surface area contributed by atoms with E-state index in [2.05, 4.69) is 33.0 Å². The number of hydrogen-bond donors (Lipinski definition) is 1. The molecule has 1 nitrogen and oxygen atoms in total. The van der Waals surface area contributed by atoms with E-state index in [9.17, 15) is 0 Å². The summed E-state index contributed by atoms with van der Waals surface area (Å²) in [4.78, 5) is 0. The largest absolute Gasteiger partial charge is 0.307 e. The van der Waals surface area contributed by atoms with E-state index in [-0.39, 0.29) is 0 Å². The van der Waals surface area contributed by atoms with Crippen molar-refractivity contribution in [2.45, 2.75) is 51.6 Å². The second-order valence-electron chi connectivity index (χ2n) is 4.44.